The van der Waals surface area contributed by atoms with Crippen molar-refractivity contribution in [1.29, 1.82) is 0 Å². The van der Waals surface area contributed by atoms with Crippen LogP contribution in [-0.4, -0.2) is 62.2 Å². The lowest BCUT2D eigenvalue weighted by molar-refractivity contribution is -0.137. The first-order valence-corrected chi connectivity index (χ1v) is 11.7. The number of amides is 2. The Hall–Kier alpha value is -2.13. The summed E-state index contributed by atoms with van der Waals surface area (Å²) in [5, 5.41) is 2.69. The zero-order valence-corrected chi connectivity index (χ0v) is 17.5. The highest BCUT2D eigenvalue weighted by atomic mass is 32.2. The Morgan fingerprint density at radius 2 is 1.79 bits per heavy atom. The number of benzene rings is 1. The molecule has 0 atom stereocenters. The van der Waals surface area contributed by atoms with Gasteiger partial charge in [-0.25, -0.2) is 8.42 Å². The van der Waals surface area contributed by atoms with Gasteiger partial charge in [-0.15, -0.1) is 0 Å². The molecule has 0 aromatic heterocycles. The summed E-state index contributed by atoms with van der Waals surface area (Å²) in [4.78, 5) is 26.2. The zero-order valence-electron chi connectivity index (χ0n) is 16.6. The van der Waals surface area contributed by atoms with E-state index in [0.29, 0.717) is 30.1 Å². The molecule has 0 spiro atoms. The summed E-state index contributed by atoms with van der Waals surface area (Å²) in [7, 11) is -3.71. The van der Waals surface area contributed by atoms with Crippen LogP contribution >= 0.6 is 0 Å². The van der Waals surface area contributed by atoms with Crippen molar-refractivity contribution in [1.82, 2.24) is 9.21 Å². The van der Waals surface area contributed by atoms with Crippen molar-refractivity contribution >= 4 is 27.5 Å². The molecule has 29 heavy (non-hydrogen) atoms. The molecule has 2 fully saturated rings. The van der Waals surface area contributed by atoms with Crippen LogP contribution in [-0.2, 0) is 19.6 Å². The lowest BCUT2D eigenvalue weighted by Crippen LogP contribution is -2.52. The van der Waals surface area contributed by atoms with Crippen molar-refractivity contribution in [2.45, 2.75) is 43.9 Å². The fourth-order valence-corrected chi connectivity index (χ4v) is 6.03. The number of carbonyl (C=O) groups excluding carboxylic acids is 2. The number of hydrogen-bond acceptors (Lipinski definition) is 5. The fourth-order valence-electron chi connectivity index (χ4n) is 4.39. The molecule has 2 aliphatic heterocycles. The molecule has 8 nitrogen and oxygen atoms in total. The summed E-state index contributed by atoms with van der Waals surface area (Å²) in [6.45, 7) is 2.99. The minimum absolute atomic E-state index is 0.0992. The Kier molecular flexibility index (Phi) is 5.52. The lowest BCUT2D eigenvalue weighted by Gasteiger charge is -2.36. The number of piperazine rings is 1. The van der Waals surface area contributed by atoms with Crippen LogP contribution < -0.4 is 10.1 Å². The number of rotatable bonds is 3. The smallest absolute Gasteiger partial charge is 0.262 e. The predicted octanol–water partition coefficient (Wildman–Crippen LogP) is 1.74. The van der Waals surface area contributed by atoms with Gasteiger partial charge in [-0.05, 0) is 31.4 Å². The van der Waals surface area contributed by atoms with Crippen LogP contribution in [0, 0.1) is 12.8 Å². The van der Waals surface area contributed by atoms with Gasteiger partial charge in [0.15, 0.2) is 6.61 Å². The van der Waals surface area contributed by atoms with E-state index >= 15 is 0 Å². The molecule has 0 radical (unpaired) electrons. The molecule has 1 saturated heterocycles. The average molecular weight is 422 g/mol. The van der Waals surface area contributed by atoms with Gasteiger partial charge in [-0.3, -0.25) is 9.59 Å². The molecule has 1 aromatic carbocycles. The number of sulfonamides is 1. The van der Waals surface area contributed by atoms with Crippen LogP contribution in [0.1, 0.15) is 37.7 Å². The molecule has 158 valence electrons. The molecular formula is C20H27N3O5S. The van der Waals surface area contributed by atoms with Crippen LogP contribution in [0.15, 0.2) is 17.0 Å². The van der Waals surface area contributed by atoms with E-state index in [4.69, 9.17) is 4.74 Å². The van der Waals surface area contributed by atoms with Crippen molar-refractivity contribution < 1.29 is 22.7 Å². The second-order valence-electron chi connectivity index (χ2n) is 8.02. The summed E-state index contributed by atoms with van der Waals surface area (Å²) < 4.78 is 33.3. The second kappa shape index (κ2) is 7.95. The van der Waals surface area contributed by atoms with Gasteiger partial charge in [0.1, 0.15) is 5.75 Å². The average Bonchev–Trinajstić information content (AvgIpc) is 2.73. The Morgan fingerprint density at radius 1 is 1.10 bits per heavy atom. The summed E-state index contributed by atoms with van der Waals surface area (Å²) in [5.74, 6) is 0.379. The zero-order chi connectivity index (χ0) is 20.6. The maximum Gasteiger partial charge on any atom is 0.262 e. The van der Waals surface area contributed by atoms with Gasteiger partial charge in [-0.2, -0.15) is 4.31 Å². The molecule has 3 aliphatic rings. The van der Waals surface area contributed by atoms with Crippen LogP contribution in [0.4, 0.5) is 5.69 Å². The Labute approximate surface area is 171 Å². The van der Waals surface area contributed by atoms with Crippen molar-refractivity contribution in [2.75, 3.05) is 38.1 Å². The minimum atomic E-state index is -3.71. The summed E-state index contributed by atoms with van der Waals surface area (Å²) in [6, 6.07) is 3.11. The first kappa shape index (κ1) is 20.2. The van der Waals surface area contributed by atoms with E-state index in [2.05, 4.69) is 5.32 Å². The molecule has 1 aliphatic carbocycles. The van der Waals surface area contributed by atoms with Gasteiger partial charge in [0.2, 0.25) is 15.9 Å². The van der Waals surface area contributed by atoms with E-state index in [9.17, 15) is 18.0 Å². The number of fused-ring (bicyclic) bond motifs is 1. The maximum atomic E-state index is 13.2. The third-order valence-corrected chi connectivity index (χ3v) is 8.07. The molecular weight excluding hydrogens is 394 g/mol. The number of nitrogens with one attached hydrogen (secondary N) is 1. The van der Waals surface area contributed by atoms with Gasteiger partial charge >= 0.3 is 0 Å². The number of nitrogens with zero attached hydrogens (tertiary/aromatic N) is 2. The minimum Gasteiger partial charge on any atom is -0.482 e. The molecule has 1 saturated carbocycles. The first-order valence-electron chi connectivity index (χ1n) is 10.2. The number of hydrogen-bond donors (Lipinski definition) is 1. The molecule has 4 rings (SSSR count). The van der Waals surface area contributed by atoms with Crippen LogP contribution in [0.3, 0.4) is 0 Å². The molecule has 1 aromatic rings. The van der Waals surface area contributed by atoms with Crippen molar-refractivity contribution in [2.24, 2.45) is 5.92 Å². The largest absolute Gasteiger partial charge is 0.482 e. The Morgan fingerprint density at radius 3 is 2.48 bits per heavy atom. The maximum absolute atomic E-state index is 13.2. The monoisotopic (exact) mass is 421 g/mol. The molecule has 9 heteroatoms. The number of ether oxygens (including phenoxy) is 1. The van der Waals surface area contributed by atoms with E-state index in [1.54, 1.807) is 13.0 Å². The topological polar surface area (TPSA) is 96.0 Å². The van der Waals surface area contributed by atoms with Gasteiger partial charge in [0.05, 0.1) is 10.6 Å². The van der Waals surface area contributed by atoms with E-state index in [-0.39, 0.29) is 42.3 Å². The predicted molar refractivity (Wildman–Crippen MR) is 107 cm³/mol. The molecule has 1 N–H and O–H groups in total. The summed E-state index contributed by atoms with van der Waals surface area (Å²) in [6.07, 6.45) is 5.30. The van der Waals surface area contributed by atoms with Crippen molar-refractivity contribution in [3.05, 3.63) is 17.7 Å². The van der Waals surface area contributed by atoms with Gasteiger partial charge in [0.25, 0.3) is 5.91 Å². The third-order valence-electron chi connectivity index (χ3n) is 6.03. The molecule has 0 bridgehead atoms. The first-order chi connectivity index (χ1) is 13.9. The third kappa shape index (κ3) is 3.98. The number of anilines is 1. The second-order valence-corrected chi connectivity index (χ2v) is 9.92. The quantitative estimate of drug-likeness (QED) is 0.802. The van der Waals surface area contributed by atoms with E-state index < -0.39 is 10.0 Å². The fraction of sp³-hybridized carbons (Fsp3) is 0.600. The Balaban J connectivity index is 1.46. The summed E-state index contributed by atoms with van der Waals surface area (Å²) in [5.41, 5.74) is 1.04. The van der Waals surface area contributed by atoms with Crippen LogP contribution in [0.2, 0.25) is 0 Å². The highest BCUT2D eigenvalue weighted by molar-refractivity contribution is 7.89. The van der Waals surface area contributed by atoms with Gasteiger partial charge in [0, 0.05) is 38.2 Å². The normalized spacial score (nSPS) is 21.3. The van der Waals surface area contributed by atoms with Crippen LogP contribution in [0.25, 0.3) is 0 Å². The van der Waals surface area contributed by atoms with E-state index in [1.807, 2.05) is 4.90 Å². The summed E-state index contributed by atoms with van der Waals surface area (Å²) >= 11 is 0. The van der Waals surface area contributed by atoms with Crippen molar-refractivity contribution in [3.8, 4) is 5.75 Å². The van der Waals surface area contributed by atoms with E-state index in [1.165, 1.54) is 16.8 Å². The highest BCUT2D eigenvalue weighted by Gasteiger charge is 2.34. The SMILES string of the molecule is Cc1cc2c(cc1S(=O)(=O)N1CCN(C(=O)C3CCCCC3)CC1)OCC(=O)N2. The molecule has 0 unspecified atom stereocenters. The van der Waals surface area contributed by atoms with Crippen LogP contribution in [0.5, 0.6) is 5.75 Å². The van der Waals surface area contributed by atoms with Gasteiger partial charge in [-0.1, -0.05) is 19.3 Å². The van der Waals surface area contributed by atoms with E-state index in [0.717, 1.165) is 25.7 Å². The highest BCUT2D eigenvalue weighted by Crippen LogP contribution is 2.34. The van der Waals surface area contributed by atoms with Crippen molar-refractivity contribution in [3.63, 3.8) is 0 Å². The molecule has 2 heterocycles. The molecule has 2 amide bonds. The number of aryl methyl sites for hydroxylation is 1. The lowest BCUT2D eigenvalue weighted by atomic mass is 9.88. The van der Waals surface area contributed by atoms with Gasteiger partial charge < -0.3 is 15.0 Å². The number of carbonyl (C=O) groups is 2. The standard InChI is InChI=1S/C20H27N3O5S/c1-14-11-16-17(28-13-19(24)21-16)12-18(14)29(26,27)23-9-7-22(8-10-23)20(25)15-5-3-2-4-6-15/h11-12,15H,2-10,13H2,1H3,(H,21,24). The Bertz CT molecular complexity index is 916.